The molecule has 1 aliphatic heterocycles. The molecule has 0 radical (unpaired) electrons. The highest BCUT2D eigenvalue weighted by atomic mass is 35.5. The Morgan fingerprint density at radius 1 is 1.20 bits per heavy atom. The van der Waals surface area contributed by atoms with Crippen LogP contribution >= 0.6 is 12.4 Å². The zero-order valence-electron chi connectivity index (χ0n) is 8.61. The van der Waals surface area contributed by atoms with E-state index in [4.69, 9.17) is 4.52 Å². The van der Waals surface area contributed by atoms with E-state index in [1.165, 1.54) is 25.7 Å². The lowest BCUT2D eigenvalue weighted by atomic mass is 9.99. The first-order chi connectivity index (χ1) is 6.93. The summed E-state index contributed by atoms with van der Waals surface area (Å²) in [5, 5.41) is 7.44. The molecule has 0 spiro atoms. The van der Waals surface area contributed by atoms with E-state index in [-0.39, 0.29) is 12.4 Å². The van der Waals surface area contributed by atoms with Crippen LogP contribution in [-0.4, -0.2) is 23.2 Å². The monoisotopic (exact) mass is 229 g/mol. The Labute approximate surface area is 95.2 Å². The molecule has 1 saturated carbocycles. The fraction of sp³-hybridized carbons (Fsp3) is 0.800. The number of nitrogens with zero attached hydrogens (tertiary/aromatic N) is 2. The number of piperidine rings is 1. The lowest BCUT2D eigenvalue weighted by Crippen LogP contribution is -2.28. The third kappa shape index (κ3) is 2.32. The summed E-state index contributed by atoms with van der Waals surface area (Å²) in [6, 6.07) is 0. The van der Waals surface area contributed by atoms with Crippen LogP contribution in [0.4, 0.5) is 0 Å². The fourth-order valence-corrected chi connectivity index (χ4v) is 1.98. The van der Waals surface area contributed by atoms with Gasteiger partial charge in [0.2, 0.25) is 5.89 Å². The predicted octanol–water partition coefficient (Wildman–Crippen LogP) is 1.84. The Morgan fingerprint density at radius 2 is 2.07 bits per heavy atom. The molecule has 1 N–H and O–H groups in total. The van der Waals surface area contributed by atoms with Gasteiger partial charge in [-0.25, -0.2) is 0 Å². The van der Waals surface area contributed by atoms with Crippen LogP contribution in [0.3, 0.4) is 0 Å². The fourth-order valence-electron chi connectivity index (χ4n) is 1.98. The lowest BCUT2D eigenvalue weighted by molar-refractivity contribution is 0.362. The molecule has 1 saturated heterocycles. The summed E-state index contributed by atoms with van der Waals surface area (Å²) in [6.07, 6.45) is 4.86. The molecule has 15 heavy (non-hydrogen) atoms. The van der Waals surface area contributed by atoms with Crippen LogP contribution in [0.2, 0.25) is 0 Å². The van der Waals surface area contributed by atoms with Crippen molar-refractivity contribution < 1.29 is 4.52 Å². The minimum Gasteiger partial charge on any atom is -0.339 e. The van der Waals surface area contributed by atoms with Gasteiger partial charge in [0.15, 0.2) is 5.82 Å². The number of hydrogen-bond acceptors (Lipinski definition) is 4. The van der Waals surface area contributed by atoms with Gasteiger partial charge in [-0.3, -0.25) is 0 Å². The third-order valence-electron chi connectivity index (χ3n) is 3.05. The van der Waals surface area contributed by atoms with E-state index in [0.29, 0.717) is 11.8 Å². The maximum Gasteiger partial charge on any atom is 0.229 e. The van der Waals surface area contributed by atoms with Crippen molar-refractivity contribution in [3.8, 4) is 0 Å². The van der Waals surface area contributed by atoms with Crippen LogP contribution in [0.25, 0.3) is 0 Å². The highest BCUT2D eigenvalue weighted by Gasteiger charge is 2.31. The number of nitrogens with one attached hydrogen (secondary N) is 1. The van der Waals surface area contributed by atoms with Crippen molar-refractivity contribution in [1.82, 2.24) is 15.5 Å². The van der Waals surface area contributed by atoms with Gasteiger partial charge in [-0.05, 0) is 32.2 Å². The van der Waals surface area contributed by atoms with Crippen molar-refractivity contribution >= 4 is 12.4 Å². The van der Waals surface area contributed by atoms with Crippen molar-refractivity contribution in [2.24, 2.45) is 0 Å². The minimum absolute atomic E-state index is 0. The first-order valence-corrected chi connectivity index (χ1v) is 5.47. The molecule has 0 aromatic carbocycles. The van der Waals surface area contributed by atoms with Crippen molar-refractivity contribution in [2.75, 3.05) is 13.1 Å². The summed E-state index contributed by atoms with van der Waals surface area (Å²) < 4.78 is 5.25. The molecular weight excluding hydrogens is 214 g/mol. The largest absolute Gasteiger partial charge is 0.339 e. The standard InChI is InChI=1S/C10H15N3O.ClH/c1-2-8(6-11-5-1)9-12-10(14-13-9)7-3-4-7;/h7-8,11H,1-6H2;1H. The molecule has 1 atom stereocenters. The highest BCUT2D eigenvalue weighted by Crippen LogP contribution is 2.39. The quantitative estimate of drug-likeness (QED) is 0.841. The van der Waals surface area contributed by atoms with Crippen LogP contribution < -0.4 is 5.32 Å². The Bertz CT molecular complexity index is 318. The molecular formula is C10H16ClN3O. The Balaban J connectivity index is 0.000000853. The molecule has 0 amide bonds. The lowest BCUT2D eigenvalue weighted by Gasteiger charge is -2.19. The van der Waals surface area contributed by atoms with E-state index < -0.39 is 0 Å². The van der Waals surface area contributed by atoms with Gasteiger partial charge < -0.3 is 9.84 Å². The van der Waals surface area contributed by atoms with Crippen LogP contribution in [-0.2, 0) is 0 Å². The van der Waals surface area contributed by atoms with Gasteiger partial charge in [-0.2, -0.15) is 4.98 Å². The maximum atomic E-state index is 5.25. The summed E-state index contributed by atoms with van der Waals surface area (Å²) in [4.78, 5) is 4.48. The first kappa shape index (κ1) is 10.9. The molecule has 3 rings (SSSR count). The molecule has 2 aliphatic rings. The summed E-state index contributed by atoms with van der Waals surface area (Å²) in [5.74, 6) is 2.83. The van der Waals surface area contributed by atoms with Gasteiger partial charge in [-0.15, -0.1) is 12.4 Å². The number of aromatic nitrogens is 2. The molecule has 1 aliphatic carbocycles. The van der Waals surface area contributed by atoms with Crippen LogP contribution in [0.1, 0.15) is 49.2 Å². The second-order valence-electron chi connectivity index (χ2n) is 4.31. The predicted molar refractivity (Wildman–Crippen MR) is 58.4 cm³/mol. The molecule has 1 aromatic rings. The molecule has 0 bridgehead atoms. The van der Waals surface area contributed by atoms with Gasteiger partial charge >= 0.3 is 0 Å². The second-order valence-corrected chi connectivity index (χ2v) is 4.31. The number of halogens is 1. The Morgan fingerprint density at radius 3 is 2.73 bits per heavy atom. The summed E-state index contributed by atoms with van der Waals surface area (Å²) in [7, 11) is 0. The normalized spacial score (nSPS) is 26.0. The molecule has 84 valence electrons. The van der Waals surface area contributed by atoms with E-state index >= 15 is 0 Å². The van der Waals surface area contributed by atoms with Crippen LogP contribution in [0.5, 0.6) is 0 Å². The van der Waals surface area contributed by atoms with Crippen molar-refractivity contribution in [2.45, 2.75) is 37.5 Å². The third-order valence-corrected chi connectivity index (χ3v) is 3.05. The van der Waals surface area contributed by atoms with Crippen molar-refractivity contribution in [1.29, 1.82) is 0 Å². The molecule has 2 fully saturated rings. The SMILES string of the molecule is C1CNCC(c2noc(C3CC3)n2)C1.Cl. The van der Waals surface area contributed by atoms with E-state index in [2.05, 4.69) is 15.5 Å². The summed E-state index contributed by atoms with van der Waals surface area (Å²) >= 11 is 0. The van der Waals surface area contributed by atoms with E-state index in [1.54, 1.807) is 0 Å². The highest BCUT2D eigenvalue weighted by molar-refractivity contribution is 5.85. The van der Waals surface area contributed by atoms with E-state index in [0.717, 1.165) is 24.8 Å². The average Bonchev–Trinajstić information content (AvgIpc) is 2.98. The zero-order valence-corrected chi connectivity index (χ0v) is 9.42. The summed E-state index contributed by atoms with van der Waals surface area (Å²) in [5.41, 5.74) is 0. The molecule has 1 aromatic heterocycles. The van der Waals surface area contributed by atoms with Crippen molar-refractivity contribution in [3.05, 3.63) is 11.7 Å². The van der Waals surface area contributed by atoms with Crippen LogP contribution in [0, 0.1) is 0 Å². The topological polar surface area (TPSA) is 51.0 Å². The first-order valence-electron chi connectivity index (χ1n) is 5.47. The smallest absolute Gasteiger partial charge is 0.229 e. The minimum atomic E-state index is 0. The number of rotatable bonds is 2. The summed E-state index contributed by atoms with van der Waals surface area (Å²) in [6.45, 7) is 2.13. The van der Waals surface area contributed by atoms with Crippen LogP contribution in [0.15, 0.2) is 4.52 Å². The zero-order chi connectivity index (χ0) is 9.38. The maximum absolute atomic E-state index is 5.25. The van der Waals surface area contributed by atoms with Gasteiger partial charge in [0.25, 0.3) is 0 Å². The van der Waals surface area contributed by atoms with Crippen molar-refractivity contribution in [3.63, 3.8) is 0 Å². The van der Waals surface area contributed by atoms with E-state index in [9.17, 15) is 0 Å². The van der Waals surface area contributed by atoms with Gasteiger partial charge in [-0.1, -0.05) is 5.16 Å². The molecule has 2 heterocycles. The molecule has 5 heteroatoms. The molecule has 1 unspecified atom stereocenters. The molecule has 4 nitrogen and oxygen atoms in total. The number of hydrogen-bond donors (Lipinski definition) is 1. The van der Waals surface area contributed by atoms with Gasteiger partial charge in [0.05, 0.1) is 0 Å². The van der Waals surface area contributed by atoms with Gasteiger partial charge in [0.1, 0.15) is 0 Å². The average molecular weight is 230 g/mol. The van der Waals surface area contributed by atoms with Gasteiger partial charge in [0, 0.05) is 18.4 Å². The van der Waals surface area contributed by atoms with E-state index in [1.807, 2.05) is 0 Å². The second kappa shape index (κ2) is 4.49. The Kier molecular flexibility index (Phi) is 3.26. The Hall–Kier alpha value is -0.610.